The summed E-state index contributed by atoms with van der Waals surface area (Å²) >= 11 is 0. The van der Waals surface area contributed by atoms with E-state index in [1.54, 1.807) is 24.3 Å². The molecule has 0 aliphatic carbocycles. The lowest BCUT2D eigenvalue weighted by Gasteiger charge is -2.31. The fraction of sp³-hybridized carbons (Fsp3) is 0.481. The largest absolute Gasteiger partial charge is 0.464 e. The van der Waals surface area contributed by atoms with Gasteiger partial charge in [0.15, 0.2) is 11.4 Å². The van der Waals surface area contributed by atoms with E-state index in [4.69, 9.17) is 24.3 Å². The minimum atomic E-state index is -4.41. The fourth-order valence-electron chi connectivity index (χ4n) is 4.55. The molecule has 0 radical (unpaired) electrons. The maximum atomic E-state index is 14.0. The number of nitrogens with one attached hydrogen (secondary N) is 1. The van der Waals surface area contributed by atoms with Crippen LogP contribution in [0.5, 0.6) is 5.75 Å². The SMILES string of the molecule is CCC(CC)COC(=O)[C@H](C)N[P@](=O)(OC[C@@]1(C#N)OC[C@@](O)(c2ccc3c(N)ncnn23)[C@@H]1O)Oc1ccccc1. The highest BCUT2D eigenvalue weighted by atomic mass is 31.2. The Labute approximate surface area is 242 Å². The zero-order valence-electron chi connectivity index (χ0n) is 23.5. The predicted octanol–water partition coefficient (Wildman–Crippen LogP) is 2.31. The topological polar surface area (TPSA) is 204 Å². The van der Waals surface area contributed by atoms with Crippen molar-refractivity contribution >= 4 is 25.1 Å². The summed E-state index contributed by atoms with van der Waals surface area (Å²) in [5.41, 5.74) is 2.03. The summed E-state index contributed by atoms with van der Waals surface area (Å²) in [6.45, 7) is 4.28. The Morgan fingerprint density at radius 3 is 2.69 bits per heavy atom. The molecule has 0 bridgehead atoms. The second kappa shape index (κ2) is 12.7. The first-order chi connectivity index (χ1) is 20.0. The molecule has 1 aliphatic rings. The lowest BCUT2D eigenvalue weighted by atomic mass is 9.86. The van der Waals surface area contributed by atoms with Gasteiger partial charge in [-0.3, -0.25) is 9.32 Å². The first kappa shape index (κ1) is 31.4. The number of aromatic nitrogens is 3. The van der Waals surface area contributed by atoms with Gasteiger partial charge in [0.05, 0.1) is 18.9 Å². The van der Waals surface area contributed by atoms with E-state index in [1.807, 2.05) is 19.9 Å². The van der Waals surface area contributed by atoms with Gasteiger partial charge in [0.1, 0.15) is 42.4 Å². The number of nitrogens with zero attached hydrogens (tertiary/aromatic N) is 4. The number of nitriles is 1. The summed E-state index contributed by atoms with van der Waals surface area (Å²) in [7, 11) is -4.41. The number of esters is 1. The Morgan fingerprint density at radius 1 is 1.31 bits per heavy atom. The summed E-state index contributed by atoms with van der Waals surface area (Å²) < 4.78 is 37.5. The van der Waals surface area contributed by atoms with Crippen LogP contribution in [0, 0.1) is 17.2 Å². The predicted molar refractivity (Wildman–Crippen MR) is 150 cm³/mol. The van der Waals surface area contributed by atoms with Crippen LogP contribution >= 0.6 is 7.75 Å². The van der Waals surface area contributed by atoms with Gasteiger partial charge in [-0.05, 0) is 37.1 Å². The molecule has 5 N–H and O–H groups in total. The average Bonchev–Trinajstić information content (AvgIpc) is 3.54. The molecule has 3 heterocycles. The van der Waals surface area contributed by atoms with Crippen LogP contribution in [0.25, 0.3) is 5.52 Å². The third-order valence-corrected chi connectivity index (χ3v) is 8.92. The third-order valence-electron chi connectivity index (χ3n) is 7.30. The van der Waals surface area contributed by atoms with Crippen molar-refractivity contribution in [3.8, 4) is 11.8 Å². The molecule has 226 valence electrons. The Balaban J connectivity index is 1.55. The number of carbonyl (C=O) groups is 1. The Morgan fingerprint density at radius 2 is 2.02 bits per heavy atom. The average molecular weight is 603 g/mol. The molecular formula is C27H35N6O8P. The number of nitrogen functional groups attached to an aromatic ring is 1. The van der Waals surface area contributed by atoms with E-state index in [1.165, 1.54) is 36.0 Å². The number of hydrogen-bond donors (Lipinski definition) is 4. The molecule has 42 heavy (non-hydrogen) atoms. The number of anilines is 1. The first-order valence-electron chi connectivity index (χ1n) is 13.5. The second-order valence-corrected chi connectivity index (χ2v) is 11.8. The number of rotatable bonds is 13. The van der Waals surface area contributed by atoms with Crippen LogP contribution in [-0.2, 0) is 29.0 Å². The van der Waals surface area contributed by atoms with Gasteiger partial charge in [-0.2, -0.15) is 15.4 Å². The van der Waals surface area contributed by atoms with Crippen molar-refractivity contribution in [1.82, 2.24) is 19.7 Å². The highest BCUT2D eigenvalue weighted by Gasteiger charge is 2.61. The van der Waals surface area contributed by atoms with Crippen molar-refractivity contribution in [2.75, 3.05) is 25.6 Å². The maximum Gasteiger partial charge on any atom is 0.459 e. The van der Waals surface area contributed by atoms with Crippen LogP contribution in [0.1, 0.15) is 39.3 Å². The van der Waals surface area contributed by atoms with Gasteiger partial charge in [-0.15, -0.1) is 0 Å². The summed E-state index contributed by atoms with van der Waals surface area (Å²) in [6.07, 6.45) is 0.942. The van der Waals surface area contributed by atoms with Gasteiger partial charge in [-0.1, -0.05) is 44.9 Å². The van der Waals surface area contributed by atoms with Gasteiger partial charge in [0, 0.05) is 0 Å². The van der Waals surface area contributed by atoms with Crippen LogP contribution in [-0.4, -0.2) is 68.3 Å². The minimum absolute atomic E-state index is 0.0897. The molecular weight excluding hydrogens is 567 g/mol. The molecule has 3 aromatic rings. The summed E-state index contributed by atoms with van der Waals surface area (Å²) in [6, 6.07) is 11.8. The van der Waals surface area contributed by atoms with Crippen molar-refractivity contribution < 1.29 is 38.1 Å². The second-order valence-electron chi connectivity index (χ2n) is 10.1. The molecule has 1 aliphatic heterocycles. The molecule has 1 fully saturated rings. The molecule has 15 heteroatoms. The van der Waals surface area contributed by atoms with Crippen LogP contribution in [0.4, 0.5) is 5.82 Å². The van der Waals surface area contributed by atoms with Gasteiger partial charge in [-0.25, -0.2) is 14.1 Å². The van der Waals surface area contributed by atoms with Crippen LogP contribution in [0.15, 0.2) is 48.8 Å². The van der Waals surface area contributed by atoms with Gasteiger partial charge < -0.3 is 29.9 Å². The molecule has 5 atom stereocenters. The number of benzene rings is 1. The Hall–Kier alpha value is -3.57. The van der Waals surface area contributed by atoms with E-state index in [0.29, 0.717) is 5.52 Å². The number of ether oxygens (including phenoxy) is 2. The third kappa shape index (κ3) is 6.27. The monoisotopic (exact) mass is 602 g/mol. The number of nitrogens with two attached hydrogens (primary N) is 1. The minimum Gasteiger partial charge on any atom is -0.464 e. The highest BCUT2D eigenvalue weighted by Crippen LogP contribution is 2.48. The highest BCUT2D eigenvalue weighted by molar-refractivity contribution is 7.52. The van der Waals surface area contributed by atoms with E-state index < -0.39 is 50.3 Å². The quantitative estimate of drug-likeness (QED) is 0.164. The molecule has 1 aromatic carbocycles. The number of para-hydroxylation sites is 1. The number of aliphatic hydroxyl groups excluding tert-OH is 1. The van der Waals surface area contributed by atoms with Crippen LogP contribution in [0.2, 0.25) is 0 Å². The Kier molecular flexibility index (Phi) is 9.52. The molecule has 0 amide bonds. The van der Waals surface area contributed by atoms with Gasteiger partial charge >= 0.3 is 13.7 Å². The van der Waals surface area contributed by atoms with Crippen molar-refractivity contribution in [2.24, 2.45) is 5.92 Å². The molecule has 4 rings (SSSR count). The summed E-state index contributed by atoms with van der Waals surface area (Å²) in [5.74, 6) is -0.204. The van der Waals surface area contributed by atoms with Crippen molar-refractivity contribution in [3.63, 3.8) is 0 Å². The Bertz CT molecular complexity index is 1480. The lowest BCUT2D eigenvalue weighted by molar-refractivity contribution is -0.146. The molecule has 2 aromatic heterocycles. The molecule has 0 unspecified atom stereocenters. The number of fused-ring (bicyclic) bond motifs is 1. The van der Waals surface area contributed by atoms with E-state index in [-0.39, 0.29) is 29.8 Å². The lowest BCUT2D eigenvalue weighted by Crippen LogP contribution is -2.51. The number of hydrogen-bond acceptors (Lipinski definition) is 12. The summed E-state index contributed by atoms with van der Waals surface area (Å²) in [5, 5.41) is 39.5. The van der Waals surface area contributed by atoms with Crippen molar-refractivity contribution in [2.45, 2.75) is 57.0 Å². The van der Waals surface area contributed by atoms with Crippen LogP contribution in [0.3, 0.4) is 0 Å². The molecule has 1 saturated heterocycles. The van der Waals surface area contributed by atoms with Crippen molar-refractivity contribution in [1.29, 1.82) is 5.26 Å². The van der Waals surface area contributed by atoms with Gasteiger partial charge in [0.25, 0.3) is 0 Å². The normalized spacial score (nSPS) is 24.3. The summed E-state index contributed by atoms with van der Waals surface area (Å²) in [4.78, 5) is 16.6. The van der Waals surface area contributed by atoms with Crippen LogP contribution < -0.4 is 15.3 Å². The zero-order chi connectivity index (χ0) is 30.5. The van der Waals surface area contributed by atoms with E-state index >= 15 is 0 Å². The number of aliphatic hydroxyl groups is 2. The van der Waals surface area contributed by atoms with E-state index in [2.05, 4.69) is 15.2 Å². The molecule has 0 saturated carbocycles. The smallest absolute Gasteiger partial charge is 0.459 e. The standard InChI is InChI=1S/C27H35N6O8P/c1-4-19(5-2)13-38-24(34)18(3)32-42(37,41-20-9-7-6-8-10-20)40-15-26(14-28)25(35)27(36,16-39-26)22-12-11-21-23(29)30-17-31-33(21)22/h6-12,17-19,25,35-36H,4-5,13,15-16H2,1-3H3,(H,32,37)(H2,29,30,31)/t18-,25+,26+,27+,42-/m0/s1. The fourth-order valence-corrected chi connectivity index (χ4v) is 6.07. The first-order valence-corrected chi connectivity index (χ1v) is 15.0. The molecule has 14 nitrogen and oxygen atoms in total. The van der Waals surface area contributed by atoms with E-state index in [0.717, 1.165) is 12.8 Å². The van der Waals surface area contributed by atoms with Gasteiger partial charge in [0.2, 0.25) is 5.60 Å². The number of carbonyl (C=O) groups excluding carboxylic acids is 1. The van der Waals surface area contributed by atoms with Crippen molar-refractivity contribution in [3.05, 3.63) is 54.5 Å². The zero-order valence-corrected chi connectivity index (χ0v) is 24.4. The molecule has 0 spiro atoms. The van der Waals surface area contributed by atoms with E-state index in [9.17, 15) is 24.8 Å². The maximum absolute atomic E-state index is 14.0.